The van der Waals surface area contributed by atoms with Gasteiger partial charge >= 0.3 is 0 Å². The molecule has 0 fully saturated rings. The normalized spacial score (nSPS) is 12.7. The summed E-state index contributed by atoms with van der Waals surface area (Å²) in [5.74, 6) is 0.104. The van der Waals surface area contributed by atoms with Gasteiger partial charge in [0.15, 0.2) is 5.78 Å². The van der Waals surface area contributed by atoms with E-state index in [2.05, 4.69) is 119 Å². The summed E-state index contributed by atoms with van der Waals surface area (Å²) in [6.07, 6.45) is 1.33. The zero-order valence-corrected chi connectivity index (χ0v) is 32.0. The maximum atomic E-state index is 11.5. The molecule has 0 bridgehead atoms. The van der Waals surface area contributed by atoms with Gasteiger partial charge in [0.25, 0.3) is 0 Å². The zero-order chi connectivity index (χ0) is 32.4. The number of carbonyl (C=O) groups excluding carboxylic acids is 1. The molecule has 0 unspecified atom stereocenters. The van der Waals surface area contributed by atoms with Crippen LogP contribution in [0.3, 0.4) is 0 Å². The topological polar surface area (TPSA) is 50.2 Å². The number of rotatable bonds is 4. The van der Waals surface area contributed by atoms with Gasteiger partial charge in [0.2, 0.25) is 0 Å². The smallest absolute Gasteiger partial charge is 0.164 e. The minimum atomic E-state index is -1.41. The van der Waals surface area contributed by atoms with E-state index in [4.69, 9.17) is 4.98 Å². The largest absolute Gasteiger partial charge is 0.512 e. The standard InChI is InChI=1S/C28H30NSi.C11H20O2.Ir/c1-28(2,3)22-14-12-21(13-15-22)27-19-24(20-10-8-7-9-11-20)25-18-23(30(4,5)6)16-17-26(25)29-27;1-10(2,3)8(12)7-9(13)11(4,5)6;/h7-12,14-19H,1-6H3;7,12H,1-6H3;/q-1;;/b;8-7-;. The predicted molar refractivity (Wildman–Crippen MR) is 188 cm³/mol. The van der Waals surface area contributed by atoms with Crippen LogP contribution in [0.5, 0.6) is 0 Å². The van der Waals surface area contributed by atoms with Gasteiger partial charge in [-0.25, -0.2) is 0 Å². The van der Waals surface area contributed by atoms with Gasteiger partial charge in [0.05, 0.1) is 13.6 Å². The predicted octanol–water partition coefficient (Wildman–Crippen LogP) is 10.3. The fourth-order valence-corrected chi connectivity index (χ4v) is 5.46. The van der Waals surface area contributed by atoms with Gasteiger partial charge in [-0.05, 0) is 28.3 Å². The Morgan fingerprint density at radius 1 is 0.818 bits per heavy atom. The third kappa shape index (κ3) is 9.82. The second kappa shape index (κ2) is 14.1. The van der Waals surface area contributed by atoms with E-state index in [1.807, 2.05) is 41.5 Å². The Morgan fingerprint density at radius 2 is 1.43 bits per heavy atom. The van der Waals surface area contributed by atoms with Gasteiger partial charge in [-0.15, -0.1) is 35.4 Å². The van der Waals surface area contributed by atoms with Crippen molar-refractivity contribution in [2.45, 2.75) is 87.4 Å². The minimum absolute atomic E-state index is 0. The van der Waals surface area contributed by atoms with Crippen LogP contribution in [0.25, 0.3) is 33.3 Å². The fourth-order valence-electron chi connectivity index (χ4n) is 4.29. The van der Waals surface area contributed by atoms with E-state index < -0.39 is 13.5 Å². The first-order valence-electron chi connectivity index (χ1n) is 15.2. The monoisotopic (exact) mass is 785 g/mol. The molecule has 3 aromatic carbocycles. The average Bonchev–Trinajstić information content (AvgIpc) is 2.91. The molecule has 0 saturated heterocycles. The Balaban J connectivity index is 0.000000412. The number of hydrogen-bond acceptors (Lipinski definition) is 3. The van der Waals surface area contributed by atoms with Crippen molar-refractivity contribution in [1.82, 2.24) is 4.98 Å². The van der Waals surface area contributed by atoms with Gasteiger partial charge in [-0.3, -0.25) is 9.78 Å². The summed E-state index contributed by atoms with van der Waals surface area (Å²) in [6, 6.07) is 29.7. The molecule has 5 heteroatoms. The number of ketones is 1. The van der Waals surface area contributed by atoms with Crippen molar-refractivity contribution in [3.8, 4) is 22.4 Å². The molecule has 44 heavy (non-hydrogen) atoms. The van der Waals surface area contributed by atoms with Gasteiger partial charge < -0.3 is 5.11 Å². The summed E-state index contributed by atoms with van der Waals surface area (Å²) in [6.45, 7) is 25.0. The number of aromatic nitrogens is 1. The summed E-state index contributed by atoms with van der Waals surface area (Å²) >= 11 is 0. The third-order valence-electron chi connectivity index (χ3n) is 7.49. The summed E-state index contributed by atoms with van der Waals surface area (Å²) in [4.78, 5) is 16.5. The number of fused-ring (bicyclic) bond motifs is 1. The average molecular weight is 785 g/mol. The van der Waals surface area contributed by atoms with Crippen molar-refractivity contribution in [2.75, 3.05) is 0 Å². The van der Waals surface area contributed by atoms with Gasteiger partial charge in [0.1, 0.15) is 5.76 Å². The van der Waals surface area contributed by atoms with Crippen LogP contribution in [-0.2, 0) is 30.3 Å². The Morgan fingerprint density at radius 3 is 1.91 bits per heavy atom. The molecule has 1 heterocycles. The summed E-state index contributed by atoms with van der Waals surface area (Å²) in [5.41, 5.74) is 6.17. The van der Waals surface area contributed by atoms with Crippen LogP contribution in [0.15, 0.2) is 84.6 Å². The van der Waals surface area contributed by atoms with E-state index in [-0.39, 0.29) is 42.5 Å². The fraction of sp³-hybridized carbons (Fsp3) is 0.385. The first-order chi connectivity index (χ1) is 19.7. The number of pyridine rings is 1. The maximum Gasteiger partial charge on any atom is 0.164 e. The molecule has 0 amide bonds. The number of aliphatic hydroxyl groups is 1. The Hall–Kier alpha value is -2.85. The van der Waals surface area contributed by atoms with Gasteiger partial charge in [-0.1, -0.05) is 136 Å². The number of carbonyl (C=O) groups is 1. The first kappa shape index (κ1) is 37.3. The van der Waals surface area contributed by atoms with E-state index in [9.17, 15) is 9.90 Å². The molecular weight excluding hydrogens is 735 g/mol. The molecule has 4 rings (SSSR count). The number of aliphatic hydroxyl groups excluding tert-OH is 1. The first-order valence-corrected chi connectivity index (χ1v) is 18.7. The third-order valence-corrected chi connectivity index (χ3v) is 9.53. The Bertz CT molecular complexity index is 1600. The number of hydrogen-bond donors (Lipinski definition) is 1. The van der Waals surface area contributed by atoms with Gasteiger partial charge in [-0.2, -0.15) is 0 Å². The number of benzene rings is 3. The SMILES string of the molecule is CC(C)(C)C(=O)/C=C(\O)C(C)(C)C.CC(C)(C)c1c[c-]c(-c2cc(-c3ccccc3)c3cc([Si](C)(C)C)ccc3n2)cc1.[Ir]. The molecule has 4 aromatic rings. The number of allylic oxidation sites excluding steroid dienone is 2. The van der Waals surface area contributed by atoms with Crippen molar-refractivity contribution in [3.05, 3.63) is 96.3 Å². The Labute approximate surface area is 280 Å². The molecule has 1 radical (unpaired) electrons. The Kier molecular flexibility index (Phi) is 11.9. The van der Waals surface area contributed by atoms with Crippen molar-refractivity contribution in [2.24, 2.45) is 10.8 Å². The summed E-state index contributed by atoms with van der Waals surface area (Å²) in [5, 5.41) is 12.3. The van der Waals surface area contributed by atoms with Gasteiger partial charge in [0, 0.05) is 42.4 Å². The van der Waals surface area contributed by atoms with Crippen molar-refractivity contribution < 1.29 is 30.0 Å². The summed E-state index contributed by atoms with van der Waals surface area (Å²) < 4.78 is 0. The molecule has 1 aromatic heterocycles. The van der Waals surface area contributed by atoms with Crippen molar-refractivity contribution in [3.63, 3.8) is 0 Å². The zero-order valence-electron chi connectivity index (χ0n) is 28.6. The molecule has 0 aliphatic rings. The molecule has 0 aliphatic carbocycles. The summed E-state index contributed by atoms with van der Waals surface area (Å²) in [7, 11) is -1.41. The van der Waals surface area contributed by atoms with Crippen LogP contribution in [0.1, 0.15) is 67.9 Å². The van der Waals surface area contributed by atoms with Crippen LogP contribution in [0.2, 0.25) is 19.6 Å². The van der Waals surface area contributed by atoms with Crippen LogP contribution in [0, 0.1) is 16.9 Å². The second-order valence-corrected chi connectivity index (χ2v) is 20.6. The molecule has 0 aliphatic heterocycles. The molecule has 0 atom stereocenters. The minimum Gasteiger partial charge on any atom is -0.512 e. The van der Waals surface area contributed by atoms with Crippen molar-refractivity contribution >= 4 is 29.9 Å². The molecule has 1 N–H and O–H groups in total. The van der Waals surface area contributed by atoms with E-state index in [0.29, 0.717) is 0 Å². The number of nitrogens with zero attached hydrogens (tertiary/aromatic N) is 1. The van der Waals surface area contributed by atoms with E-state index in [0.717, 1.165) is 16.8 Å². The van der Waals surface area contributed by atoms with E-state index >= 15 is 0 Å². The maximum absolute atomic E-state index is 11.5. The molecular formula is C39H50IrNO2Si-. The second-order valence-electron chi connectivity index (χ2n) is 15.5. The van der Waals surface area contributed by atoms with E-state index in [1.165, 1.54) is 33.3 Å². The molecule has 237 valence electrons. The van der Waals surface area contributed by atoms with Crippen LogP contribution in [-0.4, -0.2) is 23.9 Å². The molecule has 0 spiro atoms. The molecule has 3 nitrogen and oxygen atoms in total. The van der Waals surface area contributed by atoms with Crippen LogP contribution >= 0.6 is 0 Å². The van der Waals surface area contributed by atoms with E-state index in [1.54, 1.807) is 0 Å². The van der Waals surface area contributed by atoms with Crippen molar-refractivity contribution in [1.29, 1.82) is 0 Å². The van der Waals surface area contributed by atoms with Crippen LogP contribution in [0.4, 0.5) is 0 Å². The van der Waals surface area contributed by atoms with Crippen LogP contribution < -0.4 is 5.19 Å². The molecule has 0 saturated carbocycles. The quantitative estimate of drug-likeness (QED) is 0.0971.